The lowest BCUT2D eigenvalue weighted by Gasteiger charge is -2.21. The summed E-state index contributed by atoms with van der Waals surface area (Å²) in [5.41, 5.74) is -0.348. The van der Waals surface area contributed by atoms with E-state index in [9.17, 15) is 24.1 Å². The van der Waals surface area contributed by atoms with E-state index in [1.54, 1.807) is 0 Å². The fourth-order valence-corrected chi connectivity index (χ4v) is 2.33. The van der Waals surface area contributed by atoms with Crippen molar-refractivity contribution in [2.24, 2.45) is 0 Å². The number of aliphatic carboxylic acids is 1. The number of hydrogen-bond acceptors (Lipinski definition) is 4. The highest BCUT2D eigenvalue weighted by molar-refractivity contribution is 6.30. The van der Waals surface area contributed by atoms with Crippen LogP contribution in [0.15, 0.2) is 42.5 Å². The van der Waals surface area contributed by atoms with E-state index in [0.29, 0.717) is 5.02 Å². The van der Waals surface area contributed by atoms with Crippen LogP contribution < -0.4 is 0 Å². The molecule has 7 nitrogen and oxygen atoms in total. The van der Waals surface area contributed by atoms with E-state index in [1.807, 2.05) is 0 Å². The fourth-order valence-electron chi connectivity index (χ4n) is 2.20. The molecule has 9 heteroatoms. The molecule has 2 rings (SSSR count). The number of benzene rings is 2. The van der Waals surface area contributed by atoms with Gasteiger partial charge in [-0.2, -0.15) is 0 Å². The summed E-state index contributed by atoms with van der Waals surface area (Å²) < 4.78 is 13.4. The summed E-state index contributed by atoms with van der Waals surface area (Å²) in [5, 5.41) is 20.5. The average Bonchev–Trinajstić information content (AvgIpc) is 2.53. The summed E-state index contributed by atoms with van der Waals surface area (Å²) in [6.07, 6.45) is 0. The number of nitro benzene ring substituents is 1. The smallest absolute Gasteiger partial charge is 0.323 e. The van der Waals surface area contributed by atoms with Crippen LogP contribution in [0.1, 0.15) is 15.9 Å². The molecule has 0 spiro atoms. The molecule has 0 aliphatic rings. The minimum atomic E-state index is -1.30. The van der Waals surface area contributed by atoms with Crippen LogP contribution in [0, 0.1) is 15.9 Å². The second-order valence-corrected chi connectivity index (χ2v) is 5.53. The number of carbonyl (C=O) groups is 2. The zero-order valence-electron chi connectivity index (χ0n) is 12.7. The van der Waals surface area contributed by atoms with Gasteiger partial charge in [0.2, 0.25) is 0 Å². The summed E-state index contributed by atoms with van der Waals surface area (Å²) in [6.45, 7) is -1.13. The molecule has 130 valence electrons. The van der Waals surface area contributed by atoms with E-state index in [1.165, 1.54) is 24.3 Å². The highest BCUT2D eigenvalue weighted by Crippen LogP contribution is 2.22. The van der Waals surface area contributed by atoms with Gasteiger partial charge in [-0.05, 0) is 36.4 Å². The van der Waals surface area contributed by atoms with E-state index in [-0.39, 0.29) is 11.1 Å². The second kappa shape index (κ2) is 7.71. The monoisotopic (exact) mass is 366 g/mol. The Morgan fingerprint density at radius 2 is 1.84 bits per heavy atom. The van der Waals surface area contributed by atoms with Gasteiger partial charge < -0.3 is 10.0 Å². The van der Waals surface area contributed by atoms with Crippen LogP contribution in [0.5, 0.6) is 0 Å². The van der Waals surface area contributed by atoms with E-state index in [0.717, 1.165) is 23.1 Å². The number of amides is 1. The van der Waals surface area contributed by atoms with Gasteiger partial charge in [-0.3, -0.25) is 19.7 Å². The van der Waals surface area contributed by atoms with Crippen LogP contribution in [0.25, 0.3) is 0 Å². The predicted molar refractivity (Wildman–Crippen MR) is 86.9 cm³/mol. The molecule has 0 atom stereocenters. The average molecular weight is 367 g/mol. The van der Waals surface area contributed by atoms with Gasteiger partial charge in [0.25, 0.3) is 11.6 Å². The van der Waals surface area contributed by atoms with E-state index >= 15 is 0 Å². The normalized spacial score (nSPS) is 10.3. The molecule has 0 saturated heterocycles. The van der Waals surface area contributed by atoms with Crippen LogP contribution in [0.4, 0.5) is 10.1 Å². The molecule has 0 aromatic heterocycles. The van der Waals surface area contributed by atoms with Gasteiger partial charge in [0.15, 0.2) is 0 Å². The molecule has 1 amide bonds. The number of nitro groups is 1. The Balaban J connectivity index is 2.37. The molecule has 2 aromatic carbocycles. The van der Waals surface area contributed by atoms with Crippen LogP contribution in [0.3, 0.4) is 0 Å². The van der Waals surface area contributed by atoms with Gasteiger partial charge in [-0.25, -0.2) is 4.39 Å². The van der Waals surface area contributed by atoms with Crippen molar-refractivity contribution in [3.63, 3.8) is 0 Å². The van der Waals surface area contributed by atoms with Gasteiger partial charge in [-0.15, -0.1) is 0 Å². The molecule has 2 aromatic rings. The van der Waals surface area contributed by atoms with Crippen molar-refractivity contribution in [1.29, 1.82) is 0 Å². The van der Waals surface area contributed by atoms with Crippen LogP contribution in [0.2, 0.25) is 5.02 Å². The molecule has 0 radical (unpaired) electrons. The number of carboxylic acid groups (broad SMARTS) is 1. The summed E-state index contributed by atoms with van der Waals surface area (Å²) in [7, 11) is 0. The molecule has 0 aliphatic heterocycles. The molecular formula is C16H12ClFN2O5. The second-order valence-electron chi connectivity index (χ2n) is 5.09. The topological polar surface area (TPSA) is 101 Å². The molecule has 0 unspecified atom stereocenters. The van der Waals surface area contributed by atoms with Crippen LogP contribution >= 0.6 is 11.6 Å². The highest BCUT2D eigenvalue weighted by Gasteiger charge is 2.23. The predicted octanol–water partition coefficient (Wildman–Crippen LogP) is 3.11. The number of carboxylic acids is 1. The standard InChI is InChI=1S/C16H12ClFN2O5/c17-12-3-1-10(2-4-12)16(23)19(9-15(21)22)8-11-7-13(18)5-6-14(11)20(24)25/h1-7H,8-9H2,(H,21,22). The van der Waals surface area contributed by atoms with Gasteiger partial charge >= 0.3 is 5.97 Å². The molecule has 25 heavy (non-hydrogen) atoms. The zero-order valence-corrected chi connectivity index (χ0v) is 13.4. The lowest BCUT2D eigenvalue weighted by atomic mass is 10.1. The van der Waals surface area contributed by atoms with Gasteiger partial charge in [-0.1, -0.05) is 11.6 Å². The first-order valence-electron chi connectivity index (χ1n) is 6.97. The lowest BCUT2D eigenvalue weighted by molar-refractivity contribution is -0.385. The zero-order chi connectivity index (χ0) is 18.6. The summed E-state index contributed by atoms with van der Waals surface area (Å²) >= 11 is 5.75. The molecular weight excluding hydrogens is 355 g/mol. The molecule has 0 aliphatic carbocycles. The van der Waals surface area contributed by atoms with Crippen LogP contribution in [-0.2, 0) is 11.3 Å². The summed E-state index contributed by atoms with van der Waals surface area (Å²) in [4.78, 5) is 34.8. The van der Waals surface area contributed by atoms with Crippen molar-refractivity contribution in [2.45, 2.75) is 6.54 Å². The third-order valence-corrected chi connectivity index (χ3v) is 3.56. The van der Waals surface area contributed by atoms with Crippen molar-refractivity contribution >= 4 is 29.2 Å². The molecule has 0 heterocycles. The summed E-state index contributed by atoms with van der Waals surface area (Å²) in [6, 6.07) is 8.51. The van der Waals surface area contributed by atoms with E-state index in [4.69, 9.17) is 16.7 Å². The maximum atomic E-state index is 13.4. The van der Waals surface area contributed by atoms with Crippen molar-refractivity contribution in [1.82, 2.24) is 4.90 Å². The number of hydrogen-bond donors (Lipinski definition) is 1. The van der Waals surface area contributed by atoms with Crippen molar-refractivity contribution in [3.05, 3.63) is 74.5 Å². The Morgan fingerprint density at radius 1 is 1.20 bits per heavy atom. The van der Waals surface area contributed by atoms with Crippen molar-refractivity contribution in [3.8, 4) is 0 Å². The van der Waals surface area contributed by atoms with Gasteiger partial charge in [0.05, 0.1) is 17.0 Å². The molecule has 0 fully saturated rings. The first-order valence-corrected chi connectivity index (χ1v) is 7.35. The van der Waals surface area contributed by atoms with Crippen molar-refractivity contribution in [2.75, 3.05) is 6.54 Å². The Kier molecular flexibility index (Phi) is 5.66. The first-order chi connectivity index (χ1) is 11.8. The summed E-state index contributed by atoms with van der Waals surface area (Å²) in [5.74, 6) is -2.70. The SMILES string of the molecule is O=C(O)CN(Cc1cc(F)ccc1[N+](=O)[O-])C(=O)c1ccc(Cl)cc1. The number of halogens is 2. The highest BCUT2D eigenvalue weighted by atomic mass is 35.5. The van der Waals surface area contributed by atoms with E-state index < -0.39 is 41.4 Å². The Bertz CT molecular complexity index is 826. The van der Waals surface area contributed by atoms with Crippen molar-refractivity contribution < 1.29 is 24.0 Å². The largest absolute Gasteiger partial charge is 0.480 e. The minimum absolute atomic E-state index is 0.103. The third kappa shape index (κ3) is 4.74. The lowest BCUT2D eigenvalue weighted by Crippen LogP contribution is -2.35. The van der Waals surface area contributed by atoms with Gasteiger partial charge in [0.1, 0.15) is 12.4 Å². The Morgan fingerprint density at radius 3 is 2.40 bits per heavy atom. The van der Waals surface area contributed by atoms with Gasteiger partial charge in [0, 0.05) is 16.7 Å². The number of carbonyl (C=O) groups excluding carboxylic acids is 1. The number of rotatable bonds is 6. The number of nitrogens with zero attached hydrogens (tertiary/aromatic N) is 2. The molecule has 0 saturated carbocycles. The molecule has 1 N–H and O–H groups in total. The molecule has 0 bridgehead atoms. The third-order valence-electron chi connectivity index (χ3n) is 3.30. The quantitative estimate of drug-likeness (QED) is 0.625. The first kappa shape index (κ1) is 18.3. The van der Waals surface area contributed by atoms with Crippen LogP contribution in [-0.4, -0.2) is 33.4 Å². The Labute approximate surface area is 146 Å². The Hall–Kier alpha value is -3.00. The minimum Gasteiger partial charge on any atom is -0.480 e. The fraction of sp³-hybridized carbons (Fsp3) is 0.125. The maximum Gasteiger partial charge on any atom is 0.323 e. The maximum absolute atomic E-state index is 13.4. The van der Waals surface area contributed by atoms with E-state index in [2.05, 4.69) is 0 Å².